The number of benzene rings is 2. The zero-order chi connectivity index (χ0) is 15.8. The summed E-state index contributed by atoms with van der Waals surface area (Å²) in [5.41, 5.74) is 7.18. The van der Waals surface area contributed by atoms with Crippen molar-refractivity contribution in [2.24, 2.45) is 10.7 Å². The lowest BCUT2D eigenvalue weighted by Crippen LogP contribution is -2.09. The van der Waals surface area contributed by atoms with Crippen molar-refractivity contribution in [3.05, 3.63) is 65.2 Å². The van der Waals surface area contributed by atoms with Crippen LogP contribution in [0.5, 0.6) is 0 Å². The van der Waals surface area contributed by atoms with E-state index < -0.39 is 0 Å². The summed E-state index contributed by atoms with van der Waals surface area (Å²) in [6, 6.07) is 18.2. The van der Waals surface area contributed by atoms with E-state index in [2.05, 4.69) is 24.0 Å². The summed E-state index contributed by atoms with van der Waals surface area (Å²) in [7, 11) is 0. The molecule has 1 atom stereocenters. The minimum absolute atomic E-state index is 0.0950. The summed E-state index contributed by atoms with van der Waals surface area (Å²) in [5.74, 6) is 1.92. The van der Waals surface area contributed by atoms with Gasteiger partial charge in [0.1, 0.15) is 0 Å². The average Bonchev–Trinajstić information content (AvgIpc) is 2.54. The molecule has 0 saturated carbocycles. The third-order valence-electron chi connectivity index (χ3n) is 3.02. The van der Waals surface area contributed by atoms with Crippen LogP contribution in [0, 0.1) is 0 Å². The van der Waals surface area contributed by atoms with Crippen molar-refractivity contribution in [3.63, 3.8) is 0 Å². The molecule has 0 radical (unpaired) electrons. The highest BCUT2D eigenvalue weighted by Gasteiger charge is 2.04. The van der Waals surface area contributed by atoms with Gasteiger partial charge in [-0.1, -0.05) is 53.7 Å². The average molecular weight is 351 g/mol. The normalized spacial score (nSPS) is 13.1. The molecule has 0 aliphatic heterocycles. The van der Waals surface area contributed by atoms with Crippen LogP contribution in [0.3, 0.4) is 0 Å². The van der Waals surface area contributed by atoms with Crippen molar-refractivity contribution in [2.45, 2.75) is 17.9 Å². The Balaban J connectivity index is 1.74. The molecule has 2 aromatic carbocycles. The van der Waals surface area contributed by atoms with E-state index in [-0.39, 0.29) is 6.04 Å². The topological polar surface area (TPSA) is 38.4 Å². The van der Waals surface area contributed by atoms with Gasteiger partial charge in [-0.3, -0.25) is 4.99 Å². The van der Waals surface area contributed by atoms with Gasteiger partial charge >= 0.3 is 0 Å². The van der Waals surface area contributed by atoms with E-state index in [0.717, 1.165) is 16.5 Å². The van der Waals surface area contributed by atoms with Crippen LogP contribution in [0.15, 0.2) is 64.5 Å². The van der Waals surface area contributed by atoms with E-state index in [9.17, 15) is 0 Å². The second-order valence-corrected chi connectivity index (χ2v) is 7.42. The van der Waals surface area contributed by atoms with E-state index >= 15 is 0 Å². The highest BCUT2D eigenvalue weighted by molar-refractivity contribution is 8.14. The summed E-state index contributed by atoms with van der Waals surface area (Å²) in [5, 5.41) is 1.41. The summed E-state index contributed by atoms with van der Waals surface area (Å²) >= 11 is 9.27. The Morgan fingerprint density at radius 2 is 1.77 bits per heavy atom. The highest BCUT2D eigenvalue weighted by atomic mass is 35.5. The van der Waals surface area contributed by atoms with Gasteiger partial charge in [0.15, 0.2) is 5.17 Å². The second kappa shape index (κ2) is 9.13. The number of thioether (sulfide) groups is 2. The Labute approximate surface area is 145 Å². The molecule has 0 bridgehead atoms. The third-order valence-corrected chi connectivity index (χ3v) is 5.35. The molecule has 5 heteroatoms. The van der Waals surface area contributed by atoms with E-state index in [1.165, 1.54) is 10.5 Å². The highest BCUT2D eigenvalue weighted by Crippen LogP contribution is 2.22. The van der Waals surface area contributed by atoms with Crippen molar-refractivity contribution >= 4 is 40.3 Å². The number of rotatable bonds is 6. The molecule has 0 spiro atoms. The third kappa shape index (κ3) is 5.95. The van der Waals surface area contributed by atoms with Crippen LogP contribution < -0.4 is 5.73 Å². The molecule has 0 saturated heterocycles. The van der Waals surface area contributed by atoms with Crippen molar-refractivity contribution in [3.8, 4) is 0 Å². The number of halogens is 1. The van der Waals surface area contributed by atoms with Crippen molar-refractivity contribution < 1.29 is 0 Å². The fourth-order valence-corrected chi connectivity index (χ4v) is 3.67. The van der Waals surface area contributed by atoms with Crippen LogP contribution in [0.4, 0.5) is 0 Å². The first-order valence-corrected chi connectivity index (χ1v) is 9.39. The predicted molar refractivity (Wildman–Crippen MR) is 101 cm³/mol. The van der Waals surface area contributed by atoms with Gasteiger partial charge in [0, 0.05) is 21.4 Å². The van der Waals surface area contributed by atoms with Gasteiger partial charge in [-0.15, -0.1) is 11.8 Å². The zero-order valence-corrected chi connectivity index (χ0v) is 14.8. The summed E-state index contributed by atoms with van der Waals surface area (Å²) in [6.07, 6.45) is 0. The van der Waals surface area contributed by atoms with Crippen molar-refractivity contribution in [1.82, 2.24) is 0 Å². The Morgan fingerprint density at radius 3 is 2.45 bits per heavy atom. The van der Waals surface area contributed by atoms with Gasteiger partial charge in [-0.25, -0.2) is 0 Å². The lowest BCUT2D eigenvalue weighted by Gasteiger charge is -2.08. The summed E-state index contributed by atoms with van der Waals surface area (Å²) < 4.78 is 0. The first-order valence-electron chi connectivity index (χ1n) is 7.04. The molecular formula is C17H19ClN2S2. The van der Waals surface area contributed by atoms with Crippen LogP contribution in [-0.4, -0.2) is 16.7 Å². The van der Waals surface area contributed by atoms with Crippen molar-refractivity contribution in [1.29, 1.82) is 0 Å². The fraction of sp³-hybridized carbons (Fsp3) is 0.235. The predicted octanol–water partition coefficient (Wildman–Crippen LogP) is 5.24. The Bertz CT molecular complexity index is 600. The summed E-state index contributed by atoms with van der Waals surface area (Å²) in [6.45, 7) is 2.06. The standard InChI is InChI=1S/C17H19ClN2S2/c1-13(14-5-3-2-4-6-14)20-17(19)22-12-11-21-16-9-7-15(18)8-10-16/h2-10,13H,11-12H2,1H3,(H2,19,20)/t13-/m1/s1. The van der Waals surface area contributed by atoms with Gasteiger partial charge in [-0.2, -0.15) is 0 Å². The van der Waals surface area contributed by atoms with Crippen LogP contribution in [0.25, 0.3) is 0 Å². The largest absolute Gasteiger partial charge is 0.379 e. The van der Waals surface area contributed by atoms with Crippen LogP contribution in [0.2, 0.25) is 5.02 Å². The zero-order valence-electron chi connectivity index (χ0n) is 12.4. The van der Waals surface area contributed by atoms with Crippen LogP contribution >= 0.6 is 35.1 Å². The SMILES string of the molecule is C[C@@H](N=C(N)SCCSc1ccc(Cl)cc1)c1ccccc1. The summed E-state index contributed by atoms with van der Waals surface area (Å²) in [4.78, 5) is 5.75. The smallest absolute Gasteiger partial charge is 0.154 e. The quantitative estimate of drug-likeness (QED) is 0.335. The second-order valence-electron chi connectivity index (χ2n) is 4.70. The number of aliphatic imine (C=N–C) groups is 1. The Hall–Kier alpha value is -1.10. The molecule has 2 rings (SSSR count). The number of amidine groups is 1. The van der Waals surface area contributed by atoms with Crippen LogP contribution in [-0.2, 0) is 0 Å². The molecule has 116 valence electrons. The molecule has 0 fully saturated rings. The van der Waals surface area contributed by atoms with E-state index in [4.69, 9.17) is 17.3 Å². The molecular weight excluding hydrogens is 332 g/mol. The molecule has 0 heterocycles. The minimum Gasteiger partial charge on any atom is -0.379 e. The molecule has 0 aliphatic rings. The van der Waals surface area contributed by atoms with Gasteiger partial charge < -0.3 is 5.73 Å². The molecule has 2 aromatic rings. The van der Waals surface area contributed by atoms with E-state index in [1.54, 1.807) is 23.5 Å². The van der Waals surface area contributed by atoms with Gasteiger partial charge in [0.2, 0.25) is 0 Å². The van der Waals surface area contributed by atoms with Gasteiger partial charge in [0.25, 0.3) is 0 Å². The molecule has 22 heavy (non-hydrogen) atoms. The molecule has 0 aliphatic carbocycles. The van der Waals surface area contributed by atoms with E-state index in [0.29, 0.717) is 5.17 Å². The Kier molecular flexibility index (Phi) is 7.16. The first kappa shape index (κ1) is 17.3. The number of nitrogens with zero attached hydrogens (tertiary/aromatic N) is 1. The molecule has 0 amide bonds. The number of nitrogens with two attached hydrogens (primary N) is 1. The van der Waals surface area contributed by atoms with Gasteiger partial charge in [-0.05, 0) is 36.8 Å². The maximum atomic E-state index is 6.00. The maximum absolute atomic E-state index is 6.00. The van der Waals surface area contributed by atoms with Crippen molar-refractivity contribution in [2.75, 3.05) is 11.5 Å². The first-order chi connectivity index (χ1) is 10.6. The van der Waals surface area contributed by atoms with E-state index in [1.807, 2.05) is 42.5 Å². The van der Waals surface area contributed by atoms with Crippen LogP contribution in [0.1, 0.15) is 18.5 Å². The molecule has 2 N–H and O–H groups in total. The minimum atomic E-state index is 0.0950. The Morgan fingerprint density at radius 1 is 1.09 bits per heavy atom. The fourth-order valence-electron chi connectivity index (χ4n) is 1.87. The molecule has 2 nitrogen and oxygen atoms in total. The molecule has 0 unspecified atom stereocenters. The lowest BCUT2D eigenvalue weighted by molar-refractivity contribution is 0.822. The maximum Gasteiger partial charge on any atom is 0.154 e. The number of hydrogen-bond donors (Lipinski definition) is 1. The monoisotopic (exact) mass is 350 g/mol. The lowest BCUT2D eigenvalue weighted by atomic mass is 10.1. The number of hydrogen-bond acceptors (Lipinski definition) is 3. The molecule has 0 aromatic heterocycles. The van der Waals surface area contributed by atoms with Gasteiger partial charge in [0.05, 0.1) is 6.04 Å².